The lowest BCUT2D eigenvalue weighted by Crippen LogP contribution is -2.74. The number of halogens is 3. The Morgan fingerprint density at radius 1 is 1.03 bits per heavy atom. The standard InChI is InChI=1S/C18H22I3N3O8/c1-6(26)23-13-9(20)4-8(19)11(12(13)21)15(30)17(32)18(22-3,24-7(2)27)16(31)14(29)10(28)5-25/h4,10,14,16,22,25,28-29,31H,5H2,1-3H3,(H,23,26)(H,24,27)/t10-,14-,16+,18+/m1/s1. The van der Waals surface area contributed by atoms with Crippen LogP contribution in [0.15, 0.2) is 6.07 Å². The normalized spacial score (nSPS) is 15.8. The highest BCUT2D eigenvalue weighted by Crippen LogP contribution is 2.33. The van der Waals surface area contributed by atoms with Crippen molar-refractivity contribution < 1.29 is 39.6 Å². The summed E-state index contributed by atoms with van der Waals surface area (Å²) in [6.45, 7) is 1.36. The number of hydrogen-bond acceptors (Lipinski definition) is 9. The van der Waals surface area contributed by atoms with Crippen molar-refractivity contribution in [3.8, 4) is 0 Å². The highest BCUT2D eigenvalue weighted by atomic mass is 127. The molecule has 0 spiro atoms. The van der Waals surface area contributed by atoms with Gasteiger partial charge in [-0.15, -0.1) is 0 Å². The number of rotatable bonds is 10. The van der Waals surface area contributed by atoms with Crippen LogP contribution in [0.5, 0.6) is 0 Å². The van der Waals surface area contributed by atoms with Crippen LogP contribution in [-0.4, -0.2) is 81.4 Å². The van der Waals surface area contributed by atoms with E-state index in [0.717, 1.165) is 14.0 Å². The van der Waals surface area contributed by atoms with Gasteiger partial charge < -0.3 is 31.1 Å². The van der Waals surface area contributed by atoms with Gasteiger partial charge in [-0.2, -0.15) is 0 Å². The maximum atomic E-state index is 13.4. The second-order valence-corrected chi connectivity index (χ2v) is 10.1. The number of anilines is 1. The first-order chi connectivity index (χ1) is 14.7. The molecule has 4 atom stereocenters. The Hall–Kier alpha value is -0.510. The van der Waals surface area contributed by atoms with Crippen molar-refractivity contribution in [2.24, 2.45) is 0 Å². The van der Waals surface area contributed by atoms with E-state index in [9.17, 15) is 34.5 Å². The third kappa shape index (κ3) is 6.33. The van der Waals surface area contributed by atoms with Crippen molar-refractivity contribution in [3.05, 3.63) is 22.3 Å². The van der Waals surface area contributed by atoms with Gasteiger partial charge >= 0.3 is 0 Å². The summed E-state index contributed by atoms with van der Waals surface area (Å²) in [5, 5.41) is 46.8. The number of likely N-dealkylation sites (N-methyl/N-ethyl adjacent to an activating group) is 1. The predicted octanol–water partition coefficient (Wildman–Crippen LogP) is -0.663. The van der Waals surface area contributed by atoms with Gasteiger partial charge in [-0.1, -0.05) is 0 Å². The van der Waals surface area contributed by atoms with Crippen molar-refractivity contribution in [1.82, 2.24) is 10.6 Å². The van der Waals surface area contributed by atoms with Crippen LogP contribution in [0.25, 0.3) is 0 Å². The summed E-state index contributed by atoms with van der Waals surface area (Å²) in [5.74, 6) is -3.69. The number of hydrogen-bond donors (Lipinski definition) is 7. The third-order valence-corrected chi connectivity index (χ3v) is 7.16. The van der Waals surface area contributed by atoms with Crippen LogP contribution in [-0.2, 0) is 14.4 Å². The number of benzene rings is 1. The molecule has 0 unspecified atom stereocenters. The fourth-order valence-corrected chi connectivity index (χ4v) is 6.95. The third-order valence-electron chi connectivity index (χ3n) is 4.38. The molecule has 0 radical (unpaired) electrons. The van der Waals surface area contributed by atoms with Gasteiger partial charge in [0.05, 0.1) is 21.4 Å². The minimum absolute atomic E-state index is 0.0882. The average Bonchev–Trinajstić information content (AvgIpc) is 2.72. The molecule has 0 aliphatic rings. The lowest BCUT2D eigenvalue weighted by atomic mass is 9.87. The Morgan fingerprint density at radius 3 is 2.03 bits per heavy atom. The number of carbonyl (C=O) groups excluding carboxylic acids is 4. The molecular weight excluding hydrogens is 767 g/mol. The van der Waals surface area contributed by atoms with E-state index >= 15 is 0 Å². The molecular formula is C18H22I3N3O8. The fourth-order valence-electron chi connectivity index (χ4n) is 2.82. The topological polar surface area (TPSA) is 185 Å². The Bertz CT molecular complexity index is 929. The van der Waals surface area contributed by atoms with Crippen LogP contribution in [0, 0.1) is 10.7 Å². The van der Waals surface area contributed by atoms with Crippen molar-refractivity contribution in [1.29, 1.82) is 0 Å². The van der Waals surface area contributed by atoms with Crippen molar-refractivity contribution in [2.45, 2.75) is 37.8 Å². The summed E-state index contributed by atoms with van der Waals surface area (Å²) in [5.41, 5.74) is -2.31. The fraction of sp³-hybridized carbons (Fsp3) is 0.444. The SMILES string of the molecule is CN[C@@](NC(C)=O)(C(=O)C(=O)c1c(I)cc(I)c(NC(C)=O)c1I)[C@@H](O)[C@H](O)[C@H](O)CO. The monoisotopic (exact) mass is 789 g/mol. The number of carbonyl (C=O) groups is 4. The van der Waals surface area contributed by atoms with Gasteiger partial charge in [0.1, 0.15) is 18.3 Å². The molecule has 32 heavy (non-hydrogen) atoms. The highest BCUT2D eigenvalue weighted by molar-refractivity contribution is 14.1. The van der Waals surface area contributed by atoms with Crippen molar-refractivity contribution in [3.63, 3.8) is 0 Å². The second-order valence-electron chi connectivity index (χ2n) is 6.67. The Morgan fingerprint density at radius 2 is 1.59 bits per heavy atom. The molecule has 0 heterocycles. The maximum Gasteiger partial charge on any atom is 0.246 e. The smallest absolute Gasteiger partial charge is 0.246 e. The highest BCUT2D eigenvalue weighted by Gasteiger charge is 2.52. The maximum absolute atomic E-state index is 13.4. The first-order valence-corrected chi connectivity index (χ1v) is 12.2. The molecule has 0 saturated carbocycles. The number of ketones is 2. The van der Waals surface area contributed by atoms with E-state index in [0.29, 0.717) is 12.8 Å². The summed E-state index contributed by atoms with van der Waals surface area (Å²) in [7, 11) is 1.16. The Kier molecular flexibility index (Phi) is 11.3. The number of Topliss-reactive ketones (excluding diaryl/α,β-unsaturated/α-hetero) is 2. The van der Waals surface area contributed by atoms with Crippen molar-refractivity contribution in [2.75, 3.05) is 19.0 Å². The second kappa shape index (κ2) is 12.3. The lowest BCUT2D eigenvalue weighted by Gasteiger charge is -2.39. The lowest BCUT2D eigenvalue weighted by molar-refractivity contribution is -0.148. The quantitative estimate of drug-likeness (QED) is 0.0700. The summed E-state index contributed by atoms with van der Waals surface area (Å²) in [4.78, 5) is 50.1. The van der Waals surface area contributed by atoms with Crippen molar-refractivity contribution >= 4 is 96.8 Å². The zero-order chi connectivity index (χ0) is 25.0. The van der Waals surface area contributed by atoms with E-state index in [1.807, 2.05) is 45.2 Å². The van der Waals surface area contributed by atoms with E-state index in [1.165, 1.54) is 6.92 Å². The molecule has 0 aliphatic heterocycles. The van der Waals surface area contributed by atoms with Gasteiger partial charge in [-0.05, 0) is 80.9 Å². The molecule has 0 fully saturated rings. The van der Waals surface area contributed by atoms with Crippen LogP contribution in [0.2, 0.25) is 0 Å². The van der Waals surface area contributed by atoms with Crippen LogP contribution in [0.3, 0.4) is 0 Å². The van der Waals surface area contributed by atoms with Gasteiger partial charge in [-0.25, -0.2) is 0 Å². The molecule has 0 aromatic heterocycles. The molecule has 0 aliphatic carbocycles. The first kappa shape index (κ1) is 29.5. The van der Waals surface area contributed by atoms with Crippen LogP contribution >= 0.6 is 67.8 Å². The van der Waals surface area contributed by atoms with Gasteiger partial charge in [0.25, 0.3) is 0 Å². The van der Waals surface area contributed by atoms with Gasteiger partial charge in [-0.3, -0.25) is 24.5 Å². The molecule has 0 bridgehead atoms. The van der Waals surface area contributed by atoms with E-state index in [1.54, 1.807) is 28.7 Å². The van der Waals surface area contributed by atoms with Gasteiger partial charge in [0.15, 0.2) is 5.66 Å². The minimum Gasteiger partial charge on any atom is -0.394 e. The zero-order valence-electron chi connectivity index (χ0n) is 17.1. The Labute approximate surface area is 224 Å². The van der Waals surface area contributed by atoms with Gasteiger partial charge in [0.2, 0.25) is 23.4 Å². The number of amides is 2. The van der Waals surface area contributed by atoms with E-state index < -0.39 is 54.0 Å². The van der Waals surface area contributed by atoms with E-state index in [4.69, 9.17) is 5.11 Å². The average molecular weight is 789 g/mol. The van der Waals surface area contributed by atoms with E-state index in [2.05, 4.69) is 16.0 Å². The molecule has 0 saturated heterocycles. The molecule has 11 nitrogen and oxygen atoms in total. The molecule has 14 heteroatoms. The number of nitrogens with one attached hydrogen (secondary N) is 3. The van der Waals surface area contributed by atoms with Crippen LogP contribution in [0.1, 0.15) is 24.2 Å². The molecule has 1 rings (SSSR count). The molecule has 7 N–H and O–H groups in total. The van der Waals surface area contributed by atoms with Gasteiger partial charge in [0, 0.05) is 21.0 Å². The minimum atomic E-state index is -2.53. The zero-order valence-corrected chi connectivity index (χ0v) is 23.5. The first-order valence-electron chi connectivity index (χ1n) is 8.92. The largest absolute Gasteiger partial charge is 0.394 e. The Balaban J connectivity index is 3.67. The molecule has 1 aromatic rings. The number of aliphatic hydroxyl groups is 4. The number of aliphatic hydroxyl groups excluding tert-OH is 4. The van der Waals surface area contributed by atoms with Crippen LogP contribution < -0.4 is 16.0 Å². The molecule has 178 valence electrons. The molecule has 2 amide bonds. The molecule has 1 aromatic carbocycles. The van der Waals surface area contributed by atoms with Crippen LogP contribution in [0.4, 0.5) is 5.69 Å². The predicted molar refractivity (Wildman–Crippen MR) is 139 cm³/mol. The van der Waals surface area contributed by atoms with E-state index in [-0.39, 0.29) is 9.13 Å². The summed E-state index contributed by atoms with van der Waals surface area (Å²) in [6, 6.07) is 1.56. The summed E-state index contributed by atoms with van der Waals surface area (Å²) >= 11 is 5.59. The summed E-state index contributed by atoms with van der Waals surface area (Å²) in [6.07, 6.45) is -6.18. The summed E-state index contributed by atoms with van der Waals surface area (Å²) < 4.78 is 1.23.